The van der Waals surface area contributed by atoms with E-state index >= 15 is 0 Å². The third-order valence-corrected chi connectivity index (χ3v) is 4.41. The predicted octanol–water partition coefficient (Wildman–Crippen LogP) is 2.64. The number of nitrogens with one attached hydrogen (secondary N) is 1. The van der Waals surface area contributed by atoms with Crippen molar-refractivity contribution in [2.75, 3.05) is 25.0 Å². The van der Waals surface area contributed by atoms with Gasteiger partial charge in [-0.1, -0.05) is 0 Å². The van der Waals surface area contributed by atoms with Gasteiger partial charge in [0.25, 0.3) is 0 Å². The Balaban J connectivity index is 1.76. The number of nitro benzene ring substituents is 1. The summed E-state index contributed by atoms with van der Waals surface area (Å²) < 4.78 is 5.40. The Kier molecular flexibility index (Phi) is 3.96. The van der Waals surface area contributed by atoms with Crippen molar-refractivity contribution >= 4 is 11.4 Å². The zero-order valence-corrected chi connectivity index (χ0v) is 12.2. The topological polar surface area (TPSA) is 67.6 Å². The van der Waals surface area contributed by atoms with E-state index in [0.717, 1.165) is 18.7 Å². The molecule has 1 aromatic carbocycles. The number of nitrogens with zero attached hydrogens (tertiary/aromatic N) is 2. The van der Waals surface area contributed by atoms with E-state index in [0.29, 0.717) is 24.4 Å². The zero-order valence-electron chi connectivity index (χ0n) is 12.2. The van der Waals surface area contributed by atoms with E-state index in [1.165, 1.54) is 25.5 Å². The fourth-order valence-electron chi connectivity index (χ4n) is 3.49. The Bertz CT molecular complexity index is 535. The molecular formula is C15H21N3O3. The van der Waals surface area contributed by atoms with Crippen LogP contribution in [0.5, 0.6) is 5.75 Å². The number of rotatable bonds is 5. The van der Waals surface area contributed by atoms with E-state index < -0.39 is 4.92 Å². The van der Waals surface area contributed by atoms with Gasteiger partial charge < -0.3 is 10.1 Å². The standard InChI is InChI=1S/C15H21N3O3/c1-2-21-15-10-11(5-6-14(15)18(19)20)16-12-7-9-17-8-3-4-13(12)17/h5-6,10,12-13,16H,2-4,7-9H2,1H3. The maximum atomic E-state index is 11.0. The second-order valence-corrected chi connectivity index (χ2v) is 5.66. The number of anilines is 1. The van der Waals surface area contributed by atoms with Crippen LogP contribution in [0.2, 0.25) is 0 Å². The highest BCUT2D eigenvalue weighted by Crippen LogP contribution is 2.33. The van der Waals surface area contributed by atoms with Gasteiger partial charge in [0, 0.05) is 36.4 Å². The van der Waals surface area contributed by atoms with Gasteiger partial charge in [-0.25, -0.2) is 0 Å². The SMILES string of the molecule is CCOc1cc(NC2CCN3CCCC23)ccc1[N+](=O)[O-]. The second kappa shape index (κ2) is 5.89. The van der Waals surface area contributed by atoms with Gasteiger partial charge in [-0.3, -0.25) is 15.0 Å². The number of hydrogen-bond acceptors (Lipinski definition) is 5. The van der Waals surface area contributed by atoms with Gasteiger partial charge >= 0.3 is 5.69 Å². The van der Waals surface area contributed by atoms with Gasteiger partial charge in [0.05, 0.1) is 11.5 Å². The van der Waals surface area contributed by atoms with E-state index in [1.807, 2.05) is 6.92 Å². The largest absolute Gasteiger partial charge is 0.487 e. The van der Waals surface area contributed by atoms with Gasteiger partial charge in [0.2, 0.25) is 0 Å². The van der Waals surface area contributed by atoms with Crippen molar-refractivity contribution in [2.24, 2.45) is 0 Å². The Morgan fingerprint density at radius 1 is 1.43 bits per heavy atom. The first-order valence-electron chi connectivity index (χ1n) is 7.61. The first kappa shape index (κ1) is 14.1. The van der Waals surface area contributed by atoms with Crippen LogP contribution in [0.25, 0.3) is 0 Å². The van der Waals surface area contributed by atoms with Crippen LogP contribution in [-0.4, -0.2) is 41.6 Å². The van der Waals surface area contributed by atoms with Crippen molar-refractivity contribution < 1.29 is 9.66 Å². The molecule has 114 valence electrons. The Morgan fingerprint density at radius 2 is 2.29 bits per heavy atom. The molecule has 1 N–H and O–H groups in total. The summed E-state index contributed by atoms with van der Waals surface area (Å²) in [5.74, 6) is 0.341. The van der Waals surface area contributed by atoms with Crippen LogP contribution >= 0.6 is 0 Å². The zero-order chi connectivity index (χ0) is 14.8. The van der Waals surface area contributed by atoms with Crippen LogP contribution in [0.3, 0.4) is 0 Å². The lowest BCUT2D eigenvalue weighted by molar-refractivity contribution is -0.385. The molecule has 0 aliphatic carbocycles. The van der Waals surface area contributed by atoms with Crippen molar-refractivity contribution in [1.82, 2.24) is 4.90 Å². The fourth-order valence-corrected chi connectivity index (χ4v) is 3.49. The van der Waals surface area contributed by atoms with Crippen molar-refractivity contribution in [3.63, 3.8) is 0 Å². The minimum absolute atomic E-state index is 0.0244. The summed E-state index contributed by atoms with van der Waals surface area (Å²) in [5, 5.41) is 14.5. The molecule has 3 rings (SSSR count). The first-order chi connectivity index (χ1) is 10.2. The van der Waals surface area contributed by atoms with Crippen LogP contribution in [0, 0.1) is 10.1 Å². The minimum atomic E-state index is -0.400. The molecule has 1 aromatic rings. The molecule has 21 heavy (non-hydrogen) atoms. The lowest BCUT2D eigenvalue weighted by Gasteiger charge is -2.22. The molecule has 0 radical (unpaired) electrons. The average Bonchev–Trinajstić information content (AvgIpc) is 3.04. The van der Waals surface area contributed by atoms with Crippen LogP contribution in [0.15, 0.2) is 18.2 Å². The molecule has 6 heteroatoms. The maximum absolute atomic E-state index is 11.0. The smallest absolute Gasteiger partial charge is 0.311 e. The van der Waals surface area contributed by atoms with Crippen LogP contribution < -0.4 is 10.1 Å². The number of hydrogen-bond donors (Lipinski definition) is 1. The molecule has 0 spiro atoms. The lowest BCUT2D eigenvalue weighted by atomic mass is 10.1. The molecule has 0 aromatic heterocycles. The molecule has 2 aliphatic rings. The summed E-state index contributed by atoms with van der Waals surface area (Å²) >= 11 is 0. The van der Waals surface area contributed by atoms with Gasteiger partial charge in [0.1, 0.15) is 0 Å². The molecule has 2 fully saturated rings. The lowest BCUT2D eigenvalue weighted by Crippen LogP contribution is -2.33. The highest BCUT2D eigenvalue weighted by Gasteiger charge is 2.37. The summed E-state index contributed by atoms with van der Waals surface area (Å²) in [6.45, 7) is 4.60. The molecule has 2 heterocycles. The van der Waals surface area contributed by atoms with Gasteiger partial charge in [-0.05, 0) is 38.8 Å². The first-order valence-corrected chi connectivity index (χ1v) is 7.61. The molecule has 0 amide bonds. The monoisotopic (exact) mass is 291 g/mol. The second-order valence-electron chi connectivity index (χ2n) is 5.66. The molecule has 0 saturated carbocycles. The number of ether oxygens (including phenoxy) is 1. The minimum Gasteiger partial charge on any atom is -0.487 e. The molecule has 0 bridgehead atoms. The maximum Gasteiger partial charge on any atom is 0.311 e. The van der Waals surface area contributed by atoms with E-state index in [2.05, 4.69) is 10.2 Å². The van der Waals surface area contributed by atoms with Gasteiger partial charge in [-0.15, -0.1) is 0 Å². The number of fused-ring (bicyclic) bond motifs is 1. The Morgan fingerprint density at radius 3 is 3.05 bits per heavy atom. The quantitative estimate of drug-likeness (QED) is 0.667. The third kappa shape index (κ3) is 2.81. The normalized spacial score (nSPS) is 24.8. The Hall–Kier alpha value is -1.82. The molecule has 2 atom stereocenters. The summed E-state index contributed by atoms with van der Waals surface area (Å²) in [4.78, 5) is 13.1. The molecule has 6 nitrogen and oxygen atoms in total. The van der Waals surface area contributed by atoms with E-state index in [1.54, 1.807) is 12.1 Å². The summed E-state index contributed by atoms with van der Waals surface area (Å²) in [6, 6.07) is 6.09. The summed E-state index contributed by atoms with van der Waals surface area (Å²) in [6.07, 6.45) is 3.64. The van der Waals surface area contributed by atoms with Gasteiger partial charge in [0.15, 0.2) is 5.75 Å². The van der Waals surface area contributed by atoms with Crippen LogP contribution in [0.4, 0.5) is 11.4 Å². The predicted molar refractivity (Wildman–Crippen MR) is 80.9 cm³/mol. The van der Waals surface area contributed by atoms with Crippen molar-refractivity contribution in [1.29, 1.82) is 0 Å². The molecular weight excluding hydrogens is 270 g/mol. The van der Waals surface area contributed by atoms with Crippen molar-refractivity contribution in [3.8, 4) is 5.75 Å². The fraction of sp³-hybridized carbons (Fsp3) is 0.600. The Labute approximate surface area is 124 Å². The highest BCUT2D eigenvalue weighted by molar-refractivity contribution is 5.58. The van der Waals surface area contributed by atoms with Gasteiger partial charge in [-0.2, -0.15) is 0 Å². The average molecular weight is 291 g/mol. The van der Waals surface area contributed by atoms with E-state index in [-0.39, 0.29) is 5.69 Å². The molecule has 2 saturated heterocycles. The third-order valence-electron chi connectivity index (χ3n) is 4.41. The summed E-state index contributed by atoms with van der Waals surface area (Å²) in [7, 11) is 0. The molecule has 2 unspecified atom stereocenters. The van der Waals surface area contributed by atoms with E-state index in [9.17, 15) is 10.1 Å². The van der Waals surface area contributed by atoms with Crippen molar-refractivity contribution in [3.05, 3.63) is 28.3 Å². The number of nitro groups is 1. The van der Waals surface area contributed by atoms with E-state index in [4.69, 9.17) is 4.74 Å². The molecule has 2 aliphatic heterocycles. The summed E-state index contributed by atoms with van der Waals surface area (Å²) in [5.41, 5.74) is 0.930. The number of benzene rings is 1. The van der Waals surface area contributed by atoms with Crippen molar-refractivity contribution in [2.45, 2.75) is 38.3 Å². The van der Waals surface area contributed by atoms with Crippen LogP contribution in [-0.2, 0) is 0 Å². The van der Waals surface area contributed by atoms with Crippen LogP contribution in [0.1, 0.15) is 26.2 Å². The highest BCUT2D eigenvalue weighted by atomic mass is 16.6.